The predicted octanol–water partition coefficient (Wildman–Crippen LogP) is 0.665. The summed E-state index contributed by atoms with van der Waals surface area (Å²) < 4.78 is 0. The van der Waals surface area contributed by atoms with Crippen molar-refractivity contribution in [3.63, 3.8) is 0 Å². The van der Waals surface area contributed by atoms with Crippen LogP contribution in [0.2, 0.25) is 0 Å². The van der Waals surface area contributed by atoms with Crippen molar-refractivity contribution in [2.75, 3.05) is 19.6 Å². The molecule has 0 aliphatic carbocycles. The molecule has 2 N–H and O–H groups in total. The maximum atomic E-state index is 12.2. The molecule has 3 heterocycles. The van der Waals surface area contributed by atoms with E-state index in [9.17, 15) is 4.79 Å². The van der Waals surface area contributed by atoms with Gasteiger partial charge in [0.2, 0.25) is 5.91 Å². The minimum absolute atomic E-state index is 0.200. The molecule has 1 spiro atoms. The Labute approximate surface area is 101 Å². The fourth-order valence-corrected chi connectivity index (χ4v) is 3.19. The molecule has 2 fully saturated rings. The highest BCUT2D eigenvalue weighted by Gasteiger charge is 2.50. The summed E-state index contributed by atoms with van der Waals surface area (Å²) in [7, 11) is 0. The molecular weight excluding hydrogens is 214 g/mol. The number of aromatic nitrogens is 1. The Morgan fingerprint density at radius 2 is 2.18 bits per heavy atom. The van der Waals surface area contributed by atoms with Crippen molar-refractivity contribution in [2.24, 2.45) is 5.41 Å². The number of carbonyl (C=O) groups is 1. The molecule has 2 aliphatic rings. The molecule has 90 valence electrons. The molecule has 4 heteroatoms. The van der Waals surface area contributed by atoms with Crippen molar-refractivity contribution in [3.05, 3.63) is 30.1 Å². The summed E-state index contributed by atoms with van der Waals surface area (Å²) in [4.78, 5) is 16.4. The zero-order valence-corrected chi connectivity index (χ0v) is 9.78. The van der Waals surface area contributed by atoms with E-state index >= 15 is 0 Å². The van der Waals surface area contributed by atoms with Crippen molar-refractivity contribution >= 4 is 5.91 Å². The minimum atomic E-state index is -0.200. The van der Waals surface area contributed by atoms with Crippen molar-refractivity contribution in [1.82, 2.24) is 15.6 Å². The highest BCUT2D eigenvalue weighted by molar-refractivity contribution is 5.86. The highest BCUT2D eigenvalue weighted by Crippen LogP contribution is 2.46. The first-order valence-corrected chi connectivity index (χ1v) is 6.22. The Bertz CT molecular complexity index is 412. The molecule has 3 rings (SSSR count). The molecule has 0 saturated carbocycles. The number of nitrogens with one attached hydrogen (secondary N) is 2. The largest absolute Gasteiger partial charge is 0.355 e. The van der Waals surface area contributed by atoms with E-state index < -0.39 is 0 Å². The smallest absolute Gasteiger partial charge is 0.227 e. The summed E-state index contributed by atoms with van der Waals surface area (Å²) in [5, 5.41) is 6.37. The molecular formula is C13H17N3O. The van der Waals surface area contributed by atoms with Gasteiger partial charge in [-0.25, -0.2) is 0 Å². The standard InChI is InChI=1S/C13H17N3O/c17-12-13(3-6-14-7-4-13)11(9-16-12)10-2-1-5-15-8-10/h1-2,5,8,11,14H,3-4,6-7,9H2,(H,16,17). The van der Waals surface area contributed by atoms with Crippen molar-refractivity contribution in [2.45, 2.75) is 18.8 Å². The van der Waals surface area contributed by atoms with E-state index in [2.05, 4.69) is 21.7 Å². The van der Waals surface area contributed by atoms with E-state index in [0.717, 1.165) is 32.5 Å². The number of hydrogen-bond acceptors (Lipinski definition) is 3. The van der Waals surface area contributed by atoms with Gasteiger partial charge in [0.15, 0.2) is 0 Å². The van der Waals surface area contributed by atoms with Gasteiger partial charge in [0, 0.05) is 24.9 Å². The van der Waals surface area contributed by atoms with Crippen molar-refractivity contribution < 1.29 is 4.79 Å². The van der Waals surface area contributed by atoms with Gasteiger partial charge in [0.05, 0.1) is 5.41 Å². The number of piperidine rings is 1. The fraction of sp³-hybridized carbons (Fsp3) is 0.538. The van der Waals surface area contributed by atoms with E-state index in [4.69, 9.17) is 0 Å². The molecule has 0 radical (unpaired) electrons. The number of amides is 1. The van der Waals surface area contributed by atoms with E-state index in [1.807, 2.05) is 12.3 Å². The summed E-state index contributed by atoms with van der Waals surface area (Å²) in [6, 6.07) is 4.04. The van der Waals surface area contributed by atoms with E-state index in [1.54, 1.807) is 6.20 Å². The normalized spacial score (nSPS) is 27.1. The van der Waals surface area contributed by atoms with E-state index in [1.165, 1.54) is 5.56 Å². The molecule has 1 unspecified atom stereocenters. The Kier molecular flexibility index (Phi) is 2.59. The summed E-state index contributed by atoms with van der Waals surface area (Å²) in [5.74, 6) is 0.513. The third-order valence-electron chi connectivity index (χ3n) is 4.17. The highest BCUT2D eigenvalue weighted by atomic mass is 16.2. The molecule has 2 saturated heterocycles. The van der Waals surface area contributed by atoms with Crippen LogP contribution in [-0.4, -0.2) is 30.5 Å². The average molecular weight is 231 g/mol. The Hall–Kier alpha value is -1.42. The van der Waals surface area contributed by atoms with Crippen LogP contribution in [0.4, 0.5) is 0 Å². The third kappa shape index (κ3) is 1.63. The van der Waals surface area contributed by atoms with Gasteiger partial charge in [-0.15, -0.1) is 0 Å². The van der Waals surface area contributed by atoms with Crippen LogP contribution in [0.25, 0.3) is 0 Å². The van der Waals surface area contributed by atoms with Crippen LogP contribution in [-0.2, 0) is 4.79 Å². The van der Waals surface area contributed by atoms with Gasteiger partial charge in [-0.05, 0) is 37.6 Å². The lowest BCUT2D eigenvalue weighted by molar-refractivity contribution is -0.129. The number of hydrogen-bond donors (Lipinski definition) is 2. The average Bonchev–Trinajstić information content (AvgIpc) is 2.69. The topological polar surface area (TPSA) is 54.0 Å². The molecule has 1 amide bonds. The Morgan fingerprint density at radius 3 is 2.88 bits per heavy atom. The molecule has 17 heavy (non-hydrogen) atoms. The molecule has 1 atom stereocenters. The lowest BCUT2D eigenvalue weighted by atomic mass is 9.68. The van der Waals surface area contributed by atoms with Crippen molar-refractivity contribution in [3.8, 4) is 0 Å². The lowest BCUT2D eigenvalue weighted by Crippen LogP contribution is -2.44. The molecule has 1 aromatic rings. The molecule has 0 aromatic carbocycles. The number of pyridine rings is 1. The monoisotopic (exact) mass is 231 g/mol. The Balaban J connectivity index is 1.96. The van der Waals surface area contributed by atoms with Crippen LogP contribution in [0.3, 0.4) is 0 Å². The molecule has 1 aromatic heterocycles. The minimum Gasteiger partial charge on any atom is -0.355 e. The Morgan fingerprint density at radius 1 is 1.35 bits per heavy atom. The molecule has 4 nitrogen and oxygen atoms in total. The van der Waals surface area contributed by atoms with Gasteiger partial charge in [-0.1, -0.05) is 6.07 Å². The van der Waals surface area contributed by atoms with Crippen molar-refractivity contribution in [1.29, 1.82) is 0 Å². The predicted molar refractivity (Wildman–Crippen MR) is 64.5 cm³/mol. The van der Waals surface area contributed by atoms with Gasteiger partial charge in [-0.2, -0.15) is 0 Å². The van der Waals surface area contributed by atoms with E-state index in [-0.39, 0.29) is 17.2 Å². The SMILES string of the molecule is O=C1NCC(c2cccnc2)C12CCNCC2. The van der Waals surface area contributed by atoms with Gasteiger partial charge in [0.25, 0.3) is 0 Å². The third-order valence-corrected chi connectivity index (χ3v) is 4.17. The quantitative estimate of drug-likeness (QED) is 0.746. The van der Waals surface area contributed by atoms with Gasteiger partial charge in [-0.3, -0.25) is 9.78 Å². The van der Waals surface area contributed by atoms with Crippen LogP contribution < -0.4 is 10.6 Å². The molecule has 2 aliphatic heterocycles. The summed E-state index contributed by atoms with van der Waals surface area (Å²) in [6.45, 7) is 2.62. The number of nitrogens with zero attached hydrogens (tertiary/aromatic N) is 1. The van der Waals surface area contributed by atoms with Crippen LogP contribution in [0.1, 0.15) is 24.3 Å². The summed E-state index contributed by atoms with van der Waals surface area (Å²) >= 11 is 0. The zero-order chi connectivity index (χ0) is 11.7. The first-order chi connectivity index (χ1) is 8.33. The van der Waals surface area contributed by atoms with E-state index in [0.29, 0.717) is 0 Å². The fourth-order valence-electron chi connectivity index (χ4n) is 3.19. The van der Waals surface area contributed by atoms with Crippen LogP contribution in [0.5, 0.6) is 0 Å². The number of carbonyl (C=O) groups excluding carboxylic acids is 1. The second-order valence-corrected chi connectivity index (χ2v) is 4.96. The van der Waals surface area contributed by atoms with Crippen LogP contribution in [0.15, 0.2) is 24.5 Å². The maximum absolute atomic E-state index is 12.2. The summed E-state index contributed by atoms with van der Waals surface area (Å²) in [5.41, 5.74) is 0.988. The lowest BCUT2D eigenvalue weighted by Gasteiger charge is -2.36. The maximum Gasteiger partial charge on any atom is 0.227 e. The first kappa shape index (κ1) is 10.7. The second kappa shape index (κ2) is 4.11. The van der Waals surface area contributed by atoms with Gasteiger partial charge < -0.3 is 10.6 Å². The number of rotatable bonds is 1. The molecule has 0 bridgehead atoms. The first-order valence-electron chi connectivity index (χ1n) is 6.22. The van der Waals surface area contributed by atoms with Crippen LogP contribution >= 0.6 is 0 Å². The van der Waals surface area contributed by atoms with Crippen LogP contribution in [0, 0.1) is 5.41 Å². The van der Waals surface area contributed by atoms with Gasteiger partial charge in [0.1, 0.15) is 0 Å². The summed E-state index contributed by atoms with van der Waals surface area (Å²) in [6.07, 6.45) is 5.54. The zero-order valence-electron chi connectivity index (χ0n) is 9.78. The second-order valence-electron chi connectivity index (χ2n) is 4.96. The van der Waals surface area contributed by atoms with Gasteiger partial charge >= 0.3 is 0 Å².